The molecule has 1 aliphatic rings. The lowest BCUT2D eigenvalue weighted by Gasteiger charge is -2.42. The molecular formula is C15H15F3N4O2. The summed E-state index contributed by atoms with van der Waals surface area (Å²) >= 11 is 0. The van der Waals surface area contributed by atoms with Crippen molar-refractivity contribution in [3.8, 4) is 0 Å². The molecule has 0 aliphatic carbocycles. The third-order valence-corrected chi connectivity index (χ3v) is 3.62. The van der Waals surface area contributed by atoms with Gasteiger partial charge in [-0.1, -0.05) is 12.1 Å². The third kappa shape index (κ3) is 3.30. The predicted octanol–water partition coefficient (Wildman–Crippen LogP) is 2.21. The molecule has 2 heterocycles. The van der Waals surface area contributed by atoms with Crippen molar-refractivity contribution in [2.75, 3.05) is 13.1 Å². The normalized spacial score (nSPS) is 21.0. The number of carbonyl (C=O) groups excluding carboxylic acids is 1. The smallest absolute Gasteiger partial charge is 0.359 e. The lowest BCUT2D eigenvalue weighted by Crippen LogP contribution is -2.58. The molecule has 3 rings (SSSR count). The molecule has 2 aromatic rings. The van der Waals surface area contributed by atoms with Gasteiger partial charge < -0.3 is 9.64 Å². The van der Waals surface area contributed by atoms with Crippen molar-refractivity contribution in [3.05, 3.63) is 30.1 Å². The van der Waals surface area contributed by atoms with E-state index in [-0.39, 0.29) is 12.4 Å². The number of nitrogens with zero attached hydrogens (tertiary/aromatic N) is 4. The Hall–Kier alpha value is -2.29. The number of amides is 1. The second-order valence-electron chi connectivity index (χ2n) is 6.22. The van der Waals surface area contributed by atoms with Crippen molar-refractivity contribution in [1.82, 2.24) is 20.1 Å². The third-order valence-electron chi connectivity index (χ3n) is 3.62. The Morgan fingerprint density at radius 3 is 2.58 bits per heavy atom. The summed E-state index contributed by atoms with van der Waals surface area (Å²) in [6.07, 6.45) is -6.60. The number of hydrogen-bond donors (Lipinski definition) is 0. The number of hydrogen-bond acceptors (Lipinski definition) is 5. The average Bonchev–Trinajstić information content (AvgIpc) is 2.51. The molecular weight excluding hydrogens is 325 g/mol. The molecule has 1 amide bonds. The van der Waals surface area contributed by atoms with E-state index in [9.17, 15) is 18.0 Å². The highest BCUT2D eigenvalue weighted by molar-refractivity contribution is 5.92. The molecule has 0 bridgehead atoms. The second kappa shape index (κ2) is 5.66. The number of fused-ring (bicyclic) bond motifs is 1. The predicted molar refractivity (Wildman–Crippen MR) is 78.2 cm³/mol. The number of carbonyl (C=O) groups is 1. The molecule has 128 valence electrons. The highest BCUT2D eigenvalue weighted by atomic mass is 19.4. The van der Waals surface area contributed by atoms with Crippen molar-refractivity contribution in [3.63, 3.8) is 0 Å². The van der Waals surface area contributed by atoms with Gasteiger partial charge in [-0.2, -0.15) is 13.2 Å². The van der Waals surface area contributed by atoms with Crippen LogP contribution in [0, 0.1) is 0 Å². The summed E-state index contributed by atoms with van der Waals surface area (Å²) in [6, 6.07) is 6.81. The van der Waals surface area contributed by atoms with Gasteiger partial charge in [0.05, 0.1) is 17.7 Å². The van der Waals surface area contributed by atoms with Crippen LogP contribution in [0.3, 0.4) is 0 Å². The molecule has 9 heteroatoms. The van der Waals surface area contributed by atoms with E-state index in [4.69, 9.17) is 4.74 Å². The van der Waals surface area contributed by atoms with Gasteiger partial charge in [0.2, 0.25) is 5.82 Å². The van der Waals surface area contributed by atoms with Crippen molar-refractivity contribution in [1.29, 1.82) is 0 Å². The van der Waals surface area contributed by atoms with Crippen LogP contribution in [0.15, 0.2) is 24.3 Å². The standard InChI is InChI=1S/C15H15F3N4O2/c1-14(2)8-22(7-11(24-14)15(16,17)18)13(23)12-19-9-5-3-4-6-10(9)20-21-12/h3-6,11H,7-8H2,1-2H3. The van der Waals surface area contributed by atoms with E-state index in [2.05, 4.69) is 15.2 Å². The highest BCUT2D eigenvalue weighted by Gasteiger charge is 2.49. The van der Waals surface area contributed by atoms with Crippen LogP contribution < -0.4 is 0 Å². The number of rotatable bonds is 1. The largest absolute Gasteiger partial charge is 0.416 e. The lowest BCUT2D eigenvalue weighted by molar-refractivity contribution is -0.267. The summed E-state index contributed by atoms with van der Waals surface area (Å²) in [4.78, 5) is 17.7. The SMILES string of the molecule is CC1(C)CN(C(=O)c2nnc3ccccc3n2)CC(C(F)(F)F)O1. The molecule has 0 saturated carbocycles. The van der Waals surface area contributed by atoms with E-state index in [1.54, 1.807) is 24.3 Å². The minimum atomic E-state index is -4.56. The molecule has 1 aliphatic heterocycles. The Morgan fingerprint density at radius 2 is 1.92 bits per heavy atom. The van der Waals surface area contributed by atoms with Gasteiger partial charge in [0, 0.05) is 6.54 Å². The van der Waals surface area contributed by atoms with E-state index < -0.39 is 30.3 Å². The van der Waals surface area contributed by atoms with Gasteiger partial charge in [0.15, 0.2) is 6.10 Å². The van der Waals surface area contributed by atoms with Crippen molar-refractivity contribution >= 4 is 16.9 Å². The van der Waals surface area contributed by atoms with Crippen LogP contribution in [0.5, 0.6) is 0 Å². The molecule has 1 atom stereocenters. The quantitative estimate of drug-likeness (QED) is 0.796. The van der Waals surface area contributed by atoms with E-state index in [1.165, 1.54) is 13.8 Å². The van der Waals surface area contributed by atoms with Crippen LogP contribution in [0.1, 0.15) is 24.5 Å². The first-order valence-corrected chi connectivity index (χ1v) is 7.29. The maximum absolute atomic E-state index is 13.0. The van der Waals surface area contributed by atoms with Crippen LogP contribution in [-0.4, -0.2) is 57.0 Å². The first-order valence-electron chi connectivity index (χ1n) is 7.29. The zero-order valence-corrected chi connectivity index (χ0v) is 13.0. The molecule has 0 radical (unpaired) electrons. The Balaban J connectivity index is 1.89. The van der Waals surface area contributed by atoms with Gasteiger partial charge in [-0.3, -0.25) is 4.79 Å². The van der Waals surface area contributed by atoms with Crippen LogP contribution in [0.4, 0.5) is 13.2 Å². The van der Waals surface area contributed by atoms with Gasteiger partial charge in [0.1, 0.15) is 5.52 Å². The van der Waals surface area contributed by atoms with E-state index >= 15 is 0 Å². The Bertz CT molecular complexity index is 779. The number of halogens is 3. The molecule has 1 saturated heterocycles. The minimum absolute atomic E-state index is 0.00853. The maximum Gasteiger partial charge on any atom is 0.416 e. The average molecular weight is 340 g/mol. The zero-order valence-electron chi connectivity index (χ0n) is 13.0. The minimum Gasteiger partial charge on any atom is -0.359 e. The fourth-order valence-electron chi connectivity index (χ4n) is 2.62. The Morgan fingerprint density at radius 1 is 1.25 bits per heavy atom. The Labute approximate surface area is 135 Å². The molecule has 0 spiro atoms. The fraction of sp³-hybridized carbons (Fsp3) is 0.467. The van der Waals surface area contributed by atoms with Gasteiger partial charge in [0.25, 0.3) is 5.91 Å². The van der Waals surface area contributed by atoms with Crippen LogP contribution in [0.2, 0.25) is 0 Å². The summed E-state index contributed by atoms with van der Waals surface area (Å²) < 4.78 is 44.1. The summed E-state index contributed by atoms with van der Waals surface area (Å²) in [5, 5.41) is 7.63. The Kier molecular flexibility index (Phi) is 3.90. The number of benzene rings is 1. The summed E-state index contributed by atoms with van der Waals surface area (Å²) in [5.41, 5.74) is -0.168. The lowest BCUT2D eigenvalue weighted by atomic mass is 10.0. The van der Waals surface area contributed by atoms with Gasteiger partial charge in [-0.25, -0.2) is 4.98 Å². The monoisotopic (exact) mass is 340 g/mol. The van der Waals surface area contributed by atoms with Crippen molar-refractivity contribution < 1.29 is 22.7 Å². The molecule has 1 fully saturated rings. The molecule has 1 aromatic heterocycles. The van der Waals surface area contributed by atoms with Crippen LogP contribution in [-0.2, 0) is 4.74 Å². The number of aromatic nitrogens is 3. The van der Waals surface area contributed by atoms with Gasteiger partial charge in [-0.05, 0) is 26.0 Å². The van der Waals surface area contributed by atoms with Crippen LogP contribution in [0.25, 0.3) is 11.0 Å². The maximum atomic E-state index is 13.0. The highest BCUT2D eigenvalue weighted by Crippen LogP contribution is 2.32. The van der Waals surface area contributed by atoms with Gasteiger partial charge >= 0.3 is 6.18 Å². The number of alkyl halides is 3. The van der Waals surface area contributed by atoms with Gasteiger partial charge in [-0.15, -0.1) is 10.2 Å². The first kappa shape index (κ1) is 16.6. The summed E-state index contributed by atoms with van der Waals surface area (Å²) in [6.45, 7) is 2.42. The fourth-order valence-corrected chi connectivity index (χ4v) is 2.62. The molecule has 0 N–H and O–H groups in total. The van der Waals surface area contributed by atoms with E-state index in [0.717, 1.165) is 4.90 Å². The molecule has 24 heavy (non-hydrogen) atoms. The number of para-hydroxylation sites is 1. The molecule has 1 aromatic carbocycles. The molecule has 6 nitrogen and oxygen atoms in total. The second-order valence-corrected chi connectivity index (χ2v) is 6.22. The number of morpholine rings is 1. The summed E-state index contributed by atoms with van der Waals surface area (Å²) in [5.74, 6) is -0.925. The van der Waals surface area contributed by atoms with Crippen molar-refractivity contribution in [2.45, 2.75) is 31.7 Å². The van der Waals surface area contributed by atoms with Crippen molar-refractivity contribution in [2.24, 2.45) is 0 Å². The summed E-state index contributed by atoms with van der Waals surface area (Å²) in [7, 11) is 0. The van der Waals surface area contributed by atoms with Crippen LogP contribution >= 0.6 is 0 Å². The first-order chi connectivity index (χ1) is 11.2. The zero-order chi connectivity index (χ0) is 17.5. The van der Waals surface area contributed by atoms with E-state index in [0.29, 0.717) is 11.0 Å². The number of ether oxygens (including phenoxy) is 1. The molecule has 1 unspecified atom stereocenters. The van der Waals surface area contributed by atoms with E-state index in [1.807, 2.05) is 0 Å². The topological polar surface area (TPSA) is 68.2 Å².